The van der Waals surface area contributed by atoms with Gasteiger partial charge in [-0.05, 0) is 22.8 Å². The number of alkyl halides is 1. The Bertz CT molecular complexity index is 405. The van der Waals surface area contributed by atoms with Crippen molar-refractivity contribution in [2.75, 3.05) is 63.9 Å². The summed E-state index contributed by atoms with van der Waals surface area (Å²) in [5.74, 6) is 0. The first-order valence-electron chi connectivity index (χ1n) is 9.92. The highest BCUT2D eigenvalue weighted by molar-refractivity contribution is 14.1. The average Bonchev–Trinajstić information content (AvgIpc) is 2.70. The summed E-state index contributed by atoms with van der Waals surface area (Å²) in [6, 6.07) is 10.1. The zero-order valence-electron chi connectivity index (χ0n) is 16.4. The first-order valence-corrected chi connectivity index (χ1v) is 11.4. The van der Waals surface area contributed by atoms with Gasteiger partial charge in [0.1, 0.15) is 0 Å². The fraction of sp³-hybridized carbons (Fsp3) is 0.714. The van der Waals surface area contributed by atoms with E-state index < -0.39 is 0 Å². The third-order valence-electron chi connectivity index (χ3n) is 3.77. The molecule has 0 aromatic heterocycles. The lowest BCUT2D eigenvalue weighted by Crippen LogP contribution is -2.13. The van der Waals surface area contributed by atoms with Crippen LogP contribution in [0.1, 0.15) is 31.2 Å². The van der Waals surface area contributed by atoms with Gasteiger partial charge in [-0.25, -0.2) is 0 Å². The van der Waals surface area contributed by atoms with Crippen LogP contribution < -0.4 is 0 Å². The lowest BCUT2D eigenvalue weighted by molar-refractivity contribution is -0.0126. The molecule has 0 N–H and O–H groups in total. The highest BCUT2D eigenvalue weighted by atomic mass is 127. The first kappa shape index (κ1) is 24.8. The van der Waals surface area contributed by atoms with Gasteiger partial charge in [-0.1, -0.05) is 65.8 Å². The van der Waals surface area contributed by atoms with Crippen molar-refractivity contribution in [3.05, 3.63) is 35.9 Å². The summed E-state index contributed by atoms with van der Waals surface area (Å²) >= 11 is 2.42. The van der Waals surface area contributed by atoms with E-state index in [1.807, 2.05) is 18.2 Å². The molecule has 0 fully saturated rings. The molecule has 0 spiro atoms. The summed E-state index contributed by atoms with van der Waals surface area (Å²) in [5.41, 5.74) is 1.18. The molecule has 5 nitrogen and oxygen atoms in total. The minimum atomic E-state index is 0.579. The smallest absolute Gasteiger partial charge is 0.0718 e. The van der Waals surface area contributed by atoms with Crippen LogP contribution in [0.4, 0.5) is 0 Å². The minimum Gasteiger partial charge on any atom is -0.379 e. The van der Waals surface area contributed by atoms with Gasteiger partial charge in [-0.15, -0.1) is 0 Å². The van der Waals surface area contributed by atoms with Crippen LogP contribution in [0, 0.1) is 0 Å². The number of ether oxygens (including phenoxy) is 5. The fourth-order valence-corrected chi connectivity index (χ4v) is 2.84. The highest BCUT2D eigenvalue weighted by Gasteiger charge is 1.95. The summed E-state index contributed by atoms with van der Waals surface area (Å²) in [5, 5.41) is 0. The summed E-state index contributed by atoms with van der Waals surface area (Å²) in [6.45, 7) is 6.28. The number of benzene rings is 1. The number of rotatable bonds is 20. The Kier molecular flexibility index (Phi) is 18.8. The molecule has 156 valence electrons. The molecule has 6 heteroatoms. The predicted octanol–water partition coefficient (Wildman–Crippen LogP) is 4.27. The van der Waals surface area contributed by atoms with E-state index in [0.717, 1.165) is 13.0 Å². The van der Waals surface area contributed by atoms with Gasteiger partial charge in [0.15, 0.2) is 0 Å². The van der Waals surface area contributed by atoms with Gasteiger partial charge < -0.3 is 23.7 Å². The molecule has 0 amide bonds. The van der Waals surface area contributed by atoms with Crippen LogP contribution in [0.3, 0.4) is 0 Å². The summed E-state index contributed by atoms with van der Waals surface area (Å²) in [4.78, 5) is 0. The van der Waals surface area contributed by atoms with E-state index in [-0.39, 0.29) is 0 Å². The highest BCUT2D eigenvalue weighted by Crippen LogP contribution is 2.02. The standard InChI is InChI=1S/C21H35IO5/c22-10-6-1-2-7-11-23-12-13-24-14-15-25-16-17-26-18-19-27-20-21-8-4-3-5-9-21/h3-5,8-9H,1-2,6-7,10-20H2. The molecule has 1 aromatic carbocycles. The zero-order chi connectivity index (χ0) is 19.3. The molecule has 0 saturated heterocycles. The molecule has 1 rings (SSSR count). The van der Waals surface area contributed by atoms with Gasteiger partial charge in [0.2, 0.25) is 0 Å². The third kappa shape index (κ3) is 17.6. The van der Waals surface area contributed by atoms with Crippen molar-refractivity contribution in [2.45, 2.75) is 32.3 Å². The number of hydrogen-bond donors (Lipinski definition) is 0. The van der Waals surface area contributed by atoms with E-state index in [1.54, 1.807) is 0 Å². The predicted molar refractivity (Wildman–Crippen MR) is 117 cm³/mol. The van der Waals surface area contributed by atoms with Crippen molar-refractivity contribution < 1.29 is 23.7 Å². The van der Waals surface area contributed by atoms with Gasteiger partial charge >= 0.3 is 0 Å². The van der Waals surface area contributed by atoms with Gasteiger partial charge in [-0.2, -0.15) is 0 Å². The SMILES string of the molecule is ICCCCCCOCCOCCOCCOCCOCc1ccccc1. The van der Waals surface area contributed by atoms with Gasteiger partial charge in [0.05, 0.1) is 59.5 Å². The van der Waals surface area contributed by atoms with E-state index in [2.05, 4.69) is 34.7 Å². The van der Waals surface area contributed by atoms with Crippen LogP contribution in [-0.4, -0.2) is 63.9 Å². The van der Waals surface area contributed by atoms with Crippen LogP contribution >= 0.6 is 22.6 Å². The Labute approximate surface area is 178 Å². The van der Waals surface area contributed by atoms with Gasteiger partial charge in [0.25, 0.3) is 0 Å². The Hall–Kier alpha value is -0.250. The van der Waals surface area contributed by atoms with Crippen molar-refractivity contribution in [2.24, 2.45) is 0 Å². The van der Waals surface area contributed by atoms with Crippen LogP contribution in [0.25, 0.3) is 0 Å². The summed E-state index contributed by atoms with van der Waals surface area (Å²) in [7, 11) is 0. The summed E-state index contributed by atoms with van der Waals surface area (Å²) in [6.07, 6.45) is 5.04. The molecule has 0 aliphatic rings. The number of unbranched alkanes of at least 4 members (excludes halogenated alkanes) is 3. The second kappa shape index (κ2) is 20.5. The average molecular weight is 494 g/mol. The first-order chi connectivity index (χ1) is 13.4. The topological polar surface area (TPSA) is 46.2 Å². The fourth-order valence-electron chi connectivity index (χ4n) is 2.30. The molecular formula is C21H35IO5. The van der Waals surface area contributed by atoms with Gasteiger partial charge in [0, 0.05) is 6.61 Å². The van der Waals surface area contributed by atoms with Crippen molar-refractivity contribution in [3.63, 3.8) is 0 Å². The Morgan fingerprint density at radius 2 is 1.00 bits per heavy atom. The Balaban J connectivity index is 1.67. The van der Waals surface area contributed by atoms with E-state index in [9.17, 15) is 0 Å². The van der Waals surface area contributed by atoms with Gasteiger partial charge in [-0.3, -0.25) is 0 Å². The monoisotopic (exact) mass is 494 g/mol. The lowest BCUT2D eigenvalue weighted by atomic mass is 10.2. The molecule has 0 bridgehead atoms. The molecule has 0 heterocycles. The van der Waals surface area contributed by atoms with Crippen LogP contribution in [-0.2, 0) is 30.3 Å². The second-order valence-electron chi connectivity index (χ2n) is 6.09. The maximum Gasteiger partial charge on any atom is 0.0718 e. The molecule has 0 saturated carbocycles. The van der Waals surface area contributed by atoms with Crippen LogP contribution in [0.5, 0.6) is 0 Å². The largest absolute Gasteiger partial charge is 0.379 e. The normalized spacial score (nSPS) is 11.1. The minimum absolute atomic E-state index is 0.579. The quantitative estimate of drug-likeness (QED) is 0.154. The van der Waals surface area contributed by atoms with E-state index >= 15 is 0 Å². The third-order valence-corrected chi connectivity index (χ3v) is 4.53. The summed E-state index contributed by atoms with van der Waals surface area (Å²) < 4.78 is 28.7. The maximum absolute atomic E-state index is 5.55. The maximum atomic E-state index is 5.55. The van der Waals surface area contributed by atoms with Crippen molar-refractivity contribution in [1.29, 1.82) is 0 Å². The second-order valence-corrected chi connectivity index (χ2v) is 7.17. The number of halogens is 1. The Morgan fingerprint density at radius 3 is 1.56 bits per heavy atom. The molecule has 0 atom stereocenters. The molecule has 27 heavy (non-hydrogen) atoms. The van der Waals surface area contributed by atoms with E-state index in [4.69, 9.17) is 23.7 Å². The lowest BCUT2D eigenvalue weighted by Gasteiger charge is -2.08. The number of hydrogen-bond acceptors (Lipinski definition) is 5. The van der Waals surface area contributed by atoms with Crippen molar-refractivity contribution in [1.82, 2.24) is 0 Å². The molecule has 0 aliphatic heterocycles. The molecule has 1 aromatic rings. The molecular weight excluding hydrogens is 459 g/mol. The van der Waals surface area contributed by atoms with E-state index in [1.165, 1.54) is 29.3 Å². The van der Waals surface area contributed by atoms with E-state index in [0.29, 0.717) is 59.5 Å². The Morgan fingerprint density at radius 1 is 0.519 bits per heavy atom. The van der Waals surface area contributed by atoms with Crippen LogP contribution in [0.2, 0.25) is 0 Å². The zero-order valence-corrected chi connectivity index (χ0v) is 18.6. The van der Waals surface area contributed by atoms with Crippen LogP contribution in [0.15, 0.2) is 30.3 Å². The molecule has 0 radical (unpaired) electrons. The molecule has 0 aliphatic carbocycles. The molecule has 0 unspecified atom stereocenters. The van der Waals surface area contributed by atoms with Crippen molar-refractivity contribution in [3.8, 4) is 0 Å². The van der Waals surface area contributed by atoms with Crippen molar-refractivity contribution >= 4 is 22.6 Å².